The van der Waals surface area contributed by atoms with Gasteiger partial charge >= 0.3 is 0 Å². The Morgan fingerprint density at radius 1 is 1.05 bits per heavy atom. The maximum Gasteiger partial charge on any atom is 0.231 e. The first-order valence-electron chi connectivity index (χ1n) is 7.74. The molecule has 1 aromatic rings. The lowest BCUT2D eigenvalue weighted by Crippen LogP contribution is -2.43. The van der Waals surface area contributed by atoms with Crippen molar-refractivity contribution < 1.29 is 9.47 Å². The van der Waals surface area contributed by atoms with Crippen LogP contribution in [0.25, 0.3) is 0 Å². The van der Waals surface area contributed by atoms with Gasteiger partial charge in [0.05, 0.1) is 0 Å². The third-order valence-corrected chi connectivity index (χ3v) is 4.62. The van der Waals surface area contributed by atoms with E-state index in [1.165, 1.54) is 44.3 Å². The van der Waals surface area contributed by atoms with Crippen LogP contribution >= 0.6 is 0 Å². The molecular weight excluding hydrogens is 252 g/mol. The van der Waals surface area contributed by atoms with Gasteiger partial charge in [0.15, 0.2) is 11.5 Å². The highest BCUT2D eigenvalue weighted by Gasteiger charge is 2.31. The Kier molecular flexibility index (Phi) is 3.28. The maximum absolute atomic E-state index is 5.42. The Labute approximate surface area is 120 Å². The zero-order chi connectivity index (χ0) is 13.4. The van der Waals surface area contributed by atoms with Crippen molar-refractivity contribution in [3.63, 3.8) is 0 Å². The first kappa shape index (κ1) is 12.5. The second-order valence-corrected chi connectivity index (χ2v) is 6.11. The van der Waals surface area contributed by atoms with Gasteiger partial charge in [-0.2, -0.15) is 0 Å². The Bertz CT molecular complexity index is 479. The fraction of sp³-hybridized carbons (Fsp3) is 0.625. The van der Waals surface area contributed by atoms with E-state index in [1.807, 2.05) is 6.07 Å². The standard InChI is InChI=1S/C16H22N2O2/c1-4-15-16(20-11-19-15)9-12(1)10-17-13-5-7-18(8-6-13)14-2-3-14/h1,4,9,13-14,17H,2-3,5-8,10-11H2. The number of nitrogens with zero attached hydrogens (tertiary/aromatic N) is 1. The summed E-state index contributed by atoms with van der Waals surface area (Å²) in [5.41, 5.74) is 1.28. The van der Waals surface area contributed by atoms with Gasteiger partial charge in [0.25, 0.3) is 0 Å². The number of nitrogens with one attached hydrogen (secondary N) is 1. The topological polar surface area (TPSA) is 33.7 Å². The summed E-state index contributed by atoms with van der Waals surface area (Å²) in [5, 5.41) is 3.69. The summed E-state index contributed by atoms with van der Waals surface area (Å²) in [6.45, 7) is 3.81. The predicted octanol–water partition coefficient (Wildman–Crippen LogP) is 2.13. The van der Waals surface area contributed by atoms with Crippen molar-refractivity contribution in [2.24, 2.45) is 0 Å². The molecule has 4 rings (SSSR count). The second-order valence-electron chi connectivity index (χ2n) is 6.11. The fourth-order valence-electron chi connectivity index (χ4n) is 3.22. The molecule has 4 nitrogen and oxygen atoms in total. The van der Waals surface area contributed by atoms with E-state index in [-0.39, 0.29) is 0 Å². The van der Waals surface area contributed by atoms with Gasteiger partial charge in [0.1, 0.15) is 0 Å². The summed E-state index contributed by atoms with van der Waals surface area (Å²) < 4.78 is 10.8. The largest absolute Gasteiger partial charge is 0.454 e. The van der Waals surface area contributed by atoms with Gasteiger partial charge in [-0.1, -0.05) is 6.07 Å². The predicted molar refractivity (Wildman–Crippen MR) is 77.0 cm³/mol. The molecular formula is C16H22N2O2. The van der Waals surface area contributed by atoms with Gasteiger partial charge in [0.2, 0.25) is 6.79 Å². The molecule has 0 radical (unpaired) electrons. The van der Waals surface area contributed by atoms with Crippen molar-refractivity contribution in [2.75, 3.05) is 19.9 Å². The number of likely N-dealkylation sites (tertiary alicyclic amines) is 1. The number of hydrogen-bond donors (Lipinski definition) is 1. The summed E-state index contributed by atoms with van der Waals surface area (Å²) in [4.78, 5) is 2.67. The van der Waals surface area contributed by atoms with Crippen LogP contribution in [0.15, 0.2) is 18.2 Å². The van der Waals surface area contributed by atoms with Gasteiger partial charge in [0, 0.05) is 18.6 Å². The van der Waals surface area contributed by atoms with Crippen LogP contribution in [0.2, 0.25) is 0 Å². The quantitative estimate of drug-likeness (QED) is 0.912. The number of benzene rings is 1. The molecule has 108 valence electrons. The summed E-state index contributed by atoms with van der Waals surface area (Å²) >= 11 is 0. The molecule has 2 aliphatic heterocycles. The molecule has 2 fully saturated rings. The Morgan fingerprint density at radius 3 is 2.65 bits per heavy atom. The van der Waals surface area contributed by atoms with Crippen LogP contribution in [0.3, 0.4) is 0 Å². The van der Waals surface area contributed by atoms with Crippen LogP contribution in [-0.2, 0) is 6.54 Å². The molecule has 1 N–H and O–H groups in total. The average Bonchev–Trinajstić information content (AvgIpc) is 3.23. The molecule has 0 atom stereocenters. The summed E-state index contributed by atoms with van der Waals surface area (Å²) in [6, 6.07) is 7.81. The molecule has 4 heteroatoms. The molecule has 0 spiro atoms. The SMILES string of the molecule is c1cc2c(cc1CNC1CCN(C3CC3)CC1)OCO2. The van der Waals surface area contributed by atoms with Gasteiger partial charge in [-0.25, -0.2) is 0 Å². The highest BCUT2D eigenvalue weighted by molar-refractivity contribution is 5.44. The first-order valence-corrected chi connectivity index (χ1v) is 7.74. The van der Waals surface area contributed by atoms with Crippen LogP contribution in [0.4, 0.5) is 0 Å². The van der Waals surface area contributed by atoms with E-state index >= 15 is 0 Å². The fourth-order valence-corrected chi connectivity index (χ4v) is 3.22. The molecule has 0 aromatic heterocycles. The zero-order valence-electron chi connectivity index (χ0n) is 11.8. The highest BCUT2D eigenvalue weighted by Crippen LogP contribution is 2.32. The van der Waals surface area contributed by atoms with Crippen molar-refractivity contribution in [2.45, 2.75) is 44.3 Å². The molecule has 3 aliphatic rings. The Hall–Kier alpha value is -1.26. The molecule has 0 unspecified atom stereocenters. The van der Waals surface area contributed by atoms with E-state index in [9.17, 15) is 0 Å². The van der Waals surface area contributed by atoms with Crippen LogP contribution < -0.4 is 14.8 Å². The van der Waals surface area contributed by atoms with Crippen LogP contribution in [0.5, 0.6) is 11.5 Å². The monoisotopic (exact) mass is 274 g/mol. The lowest BCUT2D eigenvalue weighted by Gasteiger charge is -2.32. The summed E-state index contributed by atoms with van der Waals surface area (Å²) in [7, 11) is 0. The van der Waals surface area contributed by atoms with Crippen molar-refractivity contribution in [1.82, 2.24) is 10.2 Å². The number of fused-ring (bicyclic) bond motifs is 1. The number of rotatable bonds is 4. The Balaban J connectivity index is 1.28. The Morgan fingerprint density at radius 2 is 1.85 bits per heavy atom. The number of hydrogen-bond acceptors (Lipinski definition) is 4. The van der Waals surface area contributed by atoms with Crippen LogP contribution in [-0.4, -0.2) is 36.9 Å². The van der Waals surface area contributed by atoms with Crippen molar-refractivity contribution >= 4 is 0 Å². The van der Waals surface area contributed by atoms with Gasteiger partial charge in [-0.3, -0.25) is 0 Å². The smallest absolute Gasteiger partial charge is 0.231 e. The van der Waals surface area contributed by atoms with Crippen LogP contribution in [0, 0.1) is 0 Å². The van der Waals surface area contributed by atoms with Crippen molar-refractivity contribution in [3.8, 4) is 11.5 Å². The molecule has 20 heavy (non-hydrogen) atoms. The normalized spacial score (nSPS) is 23.2. The molecule has 1 aromatic carbocycles. The lowest BCUT2D eigenvalue weighted by molar-refractivity contribution is 0.174. The molecule has 1 aliphatic carbocycles. The molecule has 0 bridgehead atoms. The molecule has 1 saturated heterocycles. The number of ether oxygens (including phenoxy) is 2. The number of piperidine rings is 1. The van der Waals surface area contributed by atoms with E-state index in [4.69, 9.17) is 9.47 Å². The molecule has 1 saturated carbocycles. The molecule has 0 amide bonds. The summed E-state index contributed by atoms with van der Waals surface area (Å²) in [6.07, 6.45) is 5.41. The van der Waals surface area contributed by atoms with E-state index < -0.39 is 0 Å². The summed E-state index contributed by atoms with van der Waals surface area (Å²) in [5.74, 6) is 1.75. The van der Waals surface area contributed by atoms with E-state index in [1.54, 1.807) is 0 Å². The van der Waals surface area contributed by atoms with E-state index in [0.717, 1.165) is 24.1 Å². The lowest BCUT2D eigenvalue weighted by atomic mass is 10.0. The van der Waals surface area contributed by atoms with Gasteiger partial charge in [-0.05, 0) is 56.5 Å². The van der Waals surface area contributed by atoms with E-state index in [0.29, 0.717) is 12.8 Å². The van der Waals surface area contributed by atoms with Gasteiger partial charge in [-0.15, -0.1) is 0 Å². The third-order valence-electron chi connectivity index (χ3n) is 4.62. The molecule has 2 heterocycles. The van der Waals surface area contributed by atoms with Crippen molar-refractivity contribution in [3.05, 3.63) is 23.8 Å². The first-order chi connectivity index (χ1) is 9.88. The zero-order valence-corrected chi connectivity index (χ0v) is 11.8. The maximum atomic E-state index is 5.42. The minimum absolute atomic E-state index is 0.353. The van der Waals surface area contributed by atoms with Crippen molar-refractivity contribution in [1.29, 1.82) is 0 Å². The van der Waals surface area contributed by atoms with E-state index in [2.05, 4.69) is 22.3 Å². The third kappa shape index (κ3) is 2.63. The highest BCUT2D eigenvalue weighted by atomic mass is 16.7. The van der Waals surface area contributed by atoms with Crippen LogP contribution in [0.1, 0.15) is 31.2 Å². The van der Waals surface area contributed by atoms with Gasteiger partial charge < -0.3 is 19.7 Å². The average molecular weight is 274 g/mol. The minimum Gasteiger partial charge on any atom is -0.454 e. The minimum atomic E-state index is 0.353. The second kappa shape index (κ2) is 5.26.